The molecule has 0 aromatic heterocycles. The highest BCUT2D eigenvalue weighted by Gasteiger charge is 2.47. The normalized spacial score (nSPS) is 17.5. The van der Waals surface area contributed by atoms with Crippen LogP contribution in [0.4, 0.5) is 14.9 Å². The van der Waals surface area contributed by atoms with Crippen molar-refractivity contribution in [3.63, 3.8) is 0 Å². The van der Waals surface area contributed by atoms with E-state index in [4.69, 9.17) is 4.74 Å². The lowest BCUT2D eigenvalue weighted by atomic mass is 10.2. The number of fused-ring (bicyclic) bond motifs is 1. The molecule has 4 amide bonds. The predicted octanol–water partition coefficient (Wildman–Crippen LogP) is 1.96. The van der Waals surface area contributed by atoms with Gasteiger partial charge in [-0.2, -0.15) is 0 Å². The van der Waals surface area contributed by atoms with Crippen LogP contribution in [0.5, 0.6) is 5.75 Å². The number of carbonyl (C=O) groups excluding carboxylic acids is 3. The van der Waals surface area contributed by atoms with Crippen LogP contribution < -0.4 is 15.0 Å². The first-order valence-corrected chi connectivity index (χ1v) is 11.6. The molecule has 2 aromatic carbocycles. The second-order valence-corrected chi connectivity index (χ2v) is 8.86. The van der Waals surface area contributed by atoms with Crippen LogP contribution in [-0.2, 0) is 16.1 Å². The molecule has 1 atom stereocenters. The maximum atomic E-state index is 13.0. The average molecular weight is 520 g/mol. The molecule has 2 aliphatic heterocycles. The molecule has 1 unspecified atom stereocenters. The molecule has 0 bridgehead atoms. The number of halogens is 2. The van der Waals surface area contributed by atoms with Crippen molar-refractivity contribution >= 4 is 35.9 Å². The van der Waals surface area contributed by atoms with Crippen LogP contribution in [0.15, 0.2) is 48.5 Å². The molecule has 36 heavy (non-hydrogen) atoms. The number of nitrogens with zero attached hydrogens (tertiary/aromatic N) is 4. The number of nitrogens with one attached hydrogen (secondary N) is 1. The van der Waals surface area contributed by atoms with E-state index in [1.807, 2.05) is 43.3 Å². The topological polar surface area (TPSA) is 85.4 Å². The summed E-state index contributed by atoms with van der Waals surface area (Å²) < 4.78 is 18.6. The summed E-state index contributed by atoms with van der Waals surface area (Å²) in [6.45, 7) is 2.34. The van der Waals surface area contributed by atoms with E-state index < -0.39 is 12.1 Å². The number of hydrogen-bond acceptors (Lipinski definition) is 6. The summed E-state index contributed by atoms with van der Waals surface area (Å²) in [6.07, 6.45) is 0. The highest BCUT2D eigenvalue weighted by atomic mass is 35.5. The monoisotopic (exact) mass is 519 g/mol. The van der Waals surface area contributed by atoms with Gasteiger partial charge in [0.1, 0.15) is 30.8 Å². The molecular formula is C25H31ClFN5O4. The zero-order valence-corrected chi connectivity index (χ0v) is 21.2. The van der Waals surface area contributed by atoms with Gasteiger partial charge in [0.05, 0.1) is 0 Å². The number of benzene rings is 2. The Morgan fingerprint density at radius 2 is 1.89 bits per heavy atom. The van der Waals surface area contributed by atoms with Crippen LogP contribution in [0.1, 0.15) is 5.56 Å². The molecule has 1 N–H and O–H groups in total. The van der Waals surface area contributed by atoms with Crippen LogP contribution >= 0.6 is 12.4 Å². The first kappa shape index (κ1) is 27.2. The summed E-state index contributed by atoms with van der Waals surface area (Å²) in [6, 6.07) is 12.5. The quantitative estimate of drug-likeness (QED) is 0.510. The van der Waals surface area contributed by atoms with E-state index in [2.05, 4.69) is 10.2 Å². The number of rotatable bonds is 9. The first-order chi connectivity index (χ1) is 16.8. The number of urea groups is 1. The lowest BCUT2D eigenvalue weighted by Crippen LogP contribution is -2.53. The van der Waals surface area contributed by atoms with E-state index in [1.165, 1.54) is 17.0 Å². The summed E-state index contributed by atoms with van der Waals surface area (Å²) in [4.78, 5) is 44.8. The number of anilines is 1. The van der Waals surface area contributed by atoms with E-state index in [0.717, 1.165) is 16.2 Å². The summed E-state index contributed by atoms with van der Waals surface area (Å²) in [5, 5.41) is 2.80. The molecule has 0 saturated carbocycles. The molecule has 0 spiro atoms. The molecule has 0 radical (unpaired) electrons. The summed E-state index contributed by atoms with van der Waals surface area (Å²) in [5.74, 6) is -0.493. The third kappa shape index (κ3) is 6.44. The molecule has 9 nitrogen and oxygen atoms in total. The number of piperazine rings is 1. The average Bonchev–Trinajstić information content (AvgIpc) is 3.08. The van der Waals surface area contributed by atoms with Crippen molar-refractivity contribution < 1.29 is 23.5 Å². The van der Waals surface area contributed by atoms with Crippen LogP contribution in [0, 0.1) is 5.82 Å². The van der Waals surface area contributed by atoms with Crippen molar-refractivity contribution in [1.29, 1.82) is 0 Å². The second kappa shape index (κ2) is 12.0. The van der Waals surface area contributed by atoms with Crippen molar-refractivity contribution in [2.75, 3.05) is 58.3 Å². The highest BCUT2D eigenvalue weighted by molar-refractivity contribution is 6.06. The first-order valence-electron chi connectivity index (χ1n) is 11.6. The van der Waals surface area contributed by atoms with Gasteiger partial charge in [0, 0.05) is 52.5 Å². The number of hydrogen-bond donors (Lipinski definition) is 1. The summed E-state index contributed by atoms with van der Waals surface area (Å²) in [5.41, 5.74) is 1.95. The Balaban J connectivity index is 0.00000361. The smallest absolute Gasteiger partial charge is 0.328 e. The fourth-order valence-corrected chi connectivity index (χ4v) is 4.23. The van der Waals surface area contributed by atoms with Gasteiger partial charge in [-0.25, -0.2) is 9.18 Å². The fraction of sp³-hybridized carbons (Fsp3) is 0.400. The Morgan fingerprint density at radius 1 is 1.14 bits per heavy atom. The van der Waals surface area contributed by atoms with Crippen LogP contribution in [-0.4, -0.2) is 92.0 Å². The van der Waals surface area contributed by atoms with Crippen molar-refractivity contribution in [3.05, 3.63) is 59.9 Å². The lowest BCUT2D eigenvalue weighted by molar-refractivity contribution is -0.133. The number of imide groups is 1. The van der Waals surface area contributed by atoms with Gasteiger partial charge in [0.25, 0.3) is 5.91 Å². The van der Waals surface area contributed by atoms with E-state index in [-0.39, 0.29) is 36.6 Å². The summed E-state index contributed by atoms with van der Waals surface area (Å²) in [7, 11) is 3.88. The number of carbonyl (C=O) groups is 3. The Labute approximate surface area is 216 Å². The lowest BCUT2D eigenvalue weighted by Gasteiger charge is -2.35. The Bertz CT molecular complexity index is 1080. The minimum Gasteiger partial charge on any atom is -0.492 e. The van der Waals surface area contributed by atoms with Crippen molar-refractivity contribution in [1.82, 2.24) is 20.0 Å². The maximum absolute atomic E-state index is 13.0. The fourth-order valence-electron chi connectivity index (χ4n) is 4.23. The zero-order valence-electron chi connectivity index (χ0n) is 20.4. The van der Waals surface area contributed by atoms with E-state index >= 15 is 0 Å². The van der Waals surface area contributed by atoms with E-state index in [0.29, 0.717) is 45.1 Å². The van der Waals surface area contributed by atoms with Crippen molar-refractivity contribution in [2.45, 2.75) is 12.6 Å². The minimum atomic E-state index is -0.605. The van der Waals surface area contributed by atoms with E-state index in [9.17, 15) is 18.8 Å². The van der Waals surface area contributed by atoms with Gasteiger partial charge in [0.2, 0.25) is 5.91 Å². The van der Waals surface area contributed by atoms with Gasteiger partial charge < -0.3 is 19.9 Å². The standard InChI is InChI=1S/C25H30FN5O4.ClH/c1-28(2)20-5-3-4-18(14-20)15-27-23(32)17-31-24(33)22-16-29(10-11-30(22)25(31)34)12-13-35-21-8-6-19(26)7-9-21;/h3-9,14,22H,10-13,15-17H2,1-2H3,(H,27,32);1H. The highest BCUT2D eigenvalue weighted by Crippen LogP contribution is 2.22. The molecule has 4 rings (SSSR count). The predicted molar refractivity (Wildman–Crippen MR) is 136 cm³/mol. The molecule has 2 aromatic rings. The number of amides is 4. The van der Waals surface area contributed by atoms with Crippen molar-refractivity contribution in [3.8, 4) is 5.75 Å². The molecule has 0 aliphatic carbocycles. The molecule has 2 aliphatic rings. The molecular weight excluding hydrogens is 489 g/mol. The second-order valence-electron chi connectivity index (χ2n) is 8.86. The summed E-state index contributed by atoms with van der Waals surface area (Å²) >= 11 is 0. The SMILES string of the molecule is CN(C)c1cccc(CNC(=O)CN2C(=O)C3CN(CCOc4ccc(F)cc4)CCN3C2=O)c1.Cl. The van der Waals surface area contributed by atoms with Crippen LogP contribution in [0.3, 0.4) is 0 Å². The van der Waals surface area contributed by atoms with Gasteiger partial charge in [0.15, 0.2) is 0 Å². The van der Waals surface area contributed by atoms with Gasteiger partial charge in [-0.05, 0) is 42.0 Å². The third-order valence-corrected chi connectivity index (χ3v) is 6.20. The van der Waals surface area contributed by atoms with Gasteiger partial charge in [-0.15, -0.1) is 12.4 Å². The molecule has 194 valence electrons. The van der Waals surface area contributed by atoms with Crippen LogP contribution in [0.2, 0.25) is 0 Å². The van der Waals surface area contributed by atoms with Gasteiger partial charge >= 0.3 is 6.03 Å². The van der Waals surface area contributed by atoms with Crippen LogP contribution in [0.25, 0.3) is 0 Å². The molecule has 2 fully saturated rings. The molecule has 11 heteroatoms. The largest absolute Gasteiger partial charge is 0.492 e. The Kier molecular flexibility index (Phi) is 9.11. The molecule has 2 saturated heterocycles. The number of ether oxygens (including phenoxy) is 1. The molecule has 2 heterocycles. The maximum Gasteiger partial charge on any atom is 0.328 e. The van der Waals surface area contributed by atoms with Gasteiger partial charge in [-0.1, -0.05) is 12.1 Å². The van der Waals surface area contributed by atoms with Crippen molar-refractivity contribution in [2.24, 2.45) is 0 Å². The zero-order chi connectivity index (χ0) is 24.9. The minimum absolute atomic E-state index is 0. The van der Waals surface area contributed by atoms with E-state index in [1.54, 1.807) is 12.1 Å². The Hall–Kier alpha value is -3.37. The van der Waals surface area contributed by atoms with Gasteiger partial charge in [-0.3, -0.25) is 19.4 Å². The third-order valence-electron chi connectivity index (χ3n) is 6.20. The Morgan fingerprint density at radius 3 is 2.61 bits per heavy atom.